The Bertz CT molecular complexity index is 745. The number of carbonyl (C=O) groups is 1. The molecule has 1 amide bonds. The van der Waals surface area contributed by atoms with E-state index < -0.39 is 0 Å². The minimum absolute atomic E-state index is 0.0778. The fourth-order valence-corrected chi connectivity index (χ4v) is 3.30. The van der Waals surface area contributed by atoms with Crippen LogP contribution in [0.25, 0.3) is 11.1 Å². The van der Waals surface area contributed by atoms with Gasteiger partial charge in [0, 0.05) is 18.8 Å². The second kappa shape index (κ2) is 7.52. The zero-order valence-electron chi connectivity index (χ0n) is 15.6. The summed E-state index contributed by atoms with van der Waals surface area (Å²) in [4.78, 5) is 19.7. The maximum Gasteiger partial charge on any atom is 0.259 e. The Labute approximate surface area is 149 Å². The lowest BCUT2D eigenvalue weighted by molar-refractivity contribution is 0.0946. The lowest BCUT2D eigenvalue weighted by atomic mass is 9.99. The van der Waals surface area contributed by atoms with Gasteiger partial charge < -0.3 is 14.7 Å². The molecule has 6 heteroatoms. The van der Waals surface area contributed by atoms with Crippen molar-refractivity contribution in [3.8, 4) is 0 Å². The van der Waals surface area contributed by atoms with Crippen molar-refractivity contribution in [1.82, 2.24) is 20.4 Å². The predicted octanol–water partition coefficient (Wildman–Crippen LogP) is 3.12. The van der Waals surface area contributed by atoms with E-state index in [0.29, 0.717) is 28.9 Å². The van der Waals surface area contributed by atoms with Gasteiger partial charge in [0.05, 0.1) is 16.6 Å². The molecule has 3 heterocycles. The van der Waals surface area contributed by atoms with Crippen molar-refractivity contribution < 1.29 is 9.32 Å². The minimum Gasteiger partial charge on any atom is -0.351 e. The number of fused-ring (bicyclic) bond motifs is 1. The summed E-state index contributed by atoms with van der Waals surface area (Å²) in [6.07, 6.45) is 2.49. The van der Waals surface area contributed by atoms with Crippen LogP contribution >= 0.6 is 0 Å². The van der Waals surface area contributed by atoms with Crippen molar-refractivity contribution >= 4 is 17.0 Å². The number of nitrogens with zero attached hydrogens (tertiary/aromatic N) is 3. The summed E-state index contributed by atoms with van der Waals surface area (Å²) in [5, 5.41) is 7.75. The zero-order chi connectivity index (χ0) is 18.0. The van der Waals surface area contributed by atoms with Crippen LogP contribution in [-0.2, 0) is 0 Å². The Hall–Kier alpha value is -1.95. The van der Waals surface area contributed by atoms with E-state index in [1.807, 2.05) is 13.0 Å². The molecule has 0 atom stereocenters. The van der Waals surface area contributed by atoms with Gasteiger partial charge in [-0.05, 0) is 50.8 Å². The molecular weight excluding hydrogens is 316 g/mol. The molecule has 0 bridgehead atoms. The van der Waals surface area contributed by atoms with Crippen molar-refractivity contribution in [2.45, 2.75) is 46.5 Å². The predicted molar refractivity (Wildman–Crippen MR) is 97.8 cm³/mol. The Morgan fingerprint density at radius 2 is 2.12 bits per heavy atom. The normalized spacial score (nSPS) is 16.7. The summed E-state index contributed by atoms with van der Waals surface area (Å²) in [5.74, 6) is 0.963. The number of rotatable bonds is 5. The average molecular weight is 344 g/mol. The van der Waals surface area contributed by atoms with Crippen molar-refractivity contribution in [3.63, 3.8) is 0 Å². The third-order valence-electron chi connectivity index (χ3n) is 5.06. The Morgan fingerprint density at radius 3 is 2.80 bits per heavy atom. The molecule has 1 fully saturated rings. The number of hydrogen-bond donors (Lipinski definition) is 1. The van der Waals surface area contributed by atoms with Crippen molar-refractivity contribution in [3.05, 3.63) is 23.0 Å². The first-order valence-corrected chi connectivity index (χ1v) is 9.23. The van der Waals surface area contributed by atoms with Gasteiger partial charge in [0.1, 0.15) is 0 Å². The number of carbonyl (C=O) groups excluding carboxylic acids is 1. The Morgan fingerprint density at radius 1 is 1.40 bits per heavy atom. The number of pyridine rings is 1. The van der Waals surface area contributed by atoms with E-state index in [1.165, 1.54) is 12.8 Å². The second-order valence-corrected chi connectivity index (χ2v) is 7.48. The van der Waals surface area contributed by atoms with Crippen LogP contribution in [-0.4, -0.2) is 47.1 Å². The van der Waals surface area contributed by atoms with Gasteiger partial charge in [-0.15, -0.1) is 0 Å². The van der Waals surface area contributed by atoms with E-state index in [-0.39, 0.29) is 11.8 Å². The van der Waals surface area contributed by atoms with Gasteiger partial charge in [0.15, 0.2) is 0 Å². The lowest BCUT2D eigenvalue weighted by Crippen LogP contribution is -2.39. The van der Waals surface area contributed by atoms with E-state index in [4.69, 9.17) is 4.52 Å². The van der Waals surface area contributed by atoms with Gasteiger partial charge in [-0.25, -0.2) is 4.98 Å². The molecule has 1 aliphatic heterocycles. The lowest BCUT2D eigenvalue weighted by Gasteiger charge is -2.30. The molecule has 2 aromatic heterocycles. The molecule has 0 saturated carbocycles. The van der Waals surface area contributed by atoms with E-state index in [1.54, 1.807) is 0 Å². The van der Waals surface area contributed by atoms with Crippen LogP contribution in [0.5, 0.6) is 0 Å². The van der Waals surface area contributed by atoms with E-state index >= 15 is 0 Å². The highest BCUT2D eigenvalue weighted by atomic mass is 16.5. The van der Waals surface area contributed by atoms with Crippen LogP contribution < -0.4 is 5.32 Å². The SMILES string of the molecule is Cc1noc2nc(C(C)C)cc(C(=O)NCCN3CCC(C)CC3)c12. The summed E-state index contributed by atoms with van der Waals surface area (Å²) in [6.45, 7) is 12.0. The van der Waals surface area contributed by atoms with Crippen molar-refractivity contribution in [2.75, 3.05) is 26.2 Å². The molecule has 1 saturated heterocycles. The summed E-state index contributed by atoms with van der Waals surface area (Å²) < 4.78 is 5.29. The first kappa shape index (κ1) is 17.9. The number of hydrogen-bond acceptors (Lipinski definition) is 5. The van der Waals surface area contributed by atoms with Crippen LogP contribution in [0, 0.1) is 12.8 Å². The average Bonchev–Trinajstić information content (AvgIpc) is 2.97. The van der Waals surface area contributed by atoms with Crippen LogP contribution in [0.2, 0.25) is 0 Å². The molecule has 1 N–H and O–H groups in total. The molecule has 2 aromatic rings. The number of aryl methyl sites for hydroxylation is 1. The van der Waals surface area contributed by atoms with Crippen LogP contribution in [0.4, 0.5) is 0 Å². The highest BCUT2D eigenvalue weighted by molar-refractivity contribution is 6.06. The third-order valence-corrected chi connectivity index (χ3v) is 5.06. The van der Waals surface area contributed by atoms with Crippen LogP contribution in [0.1, 0.15) is 61.3 Å². The second-order valence-electron chi connectivity index (χ2n) is 7.48. The first-order valence-electron chi connectivity index (χ1n) is 9.23. The maximum atomic E-state index is 12.8. The summed E-state index contributed by atoms with van der Waals surface area (Å²) in [7, 11) is 0. The molecular formula is C19H28N4O2. The molecule has 0 aromatic carbocycles. The number of likely N-dealkylation sites (tertiary alicyclic amines) is 1. The molecule has 0 unspecified atom stereocenters. The van der Waals surface area contributed by atoms with Crippen molar-refractivity contribution in [2.24, 2.45) is 5.92 Å². The number of aromatic nitrogens is 2. The number of amides is 1. The quantitative estimate of drug-likeness (QED) is 0.902. The van der Waals surface area contributed by atoms with Gasteiger partial charge >= 0.3 is 0 Å². The molecule has 0 aliphatic carbocycles. The standard InChI is InChI=1S/C19H28N4O2/c1-12(2)16-11-15(17-14(4)22-25-19(17)21-16)18(24)20-7-10-23-8-5-13(3)6-9-23/h11-13H,5-10H2,1-4H3,(H,20,24). The fraction of sp³-hybridized carbons (Fsp3) is 0.632. The van der Waals surface area contributed by atoms with Crippen LogP contribution in [0.3, 0.4) is 0 Å². The van der Waals surface area contributed by atoms with E-state index in [0.717, 1.165) is 31.2 Å². The Kier molecular flexibility index (Phi) is 5.37. The minimum atomic E-state index is -0.0778. The van der Waals surface area contributed by atoms with E-state index in [9.17, 15) is 4.79 Å². The van der Waals surface area contributed by atoms with E-state index in [2.05, 4.69) is 41.1 Å². The number of nitrogens with one attached hydrogen (secondary N) is 1. The smallest absolute Gasteiger partial charge is 0.259 e. The third kappa shape index (κ3) is 4.00. The first-order chi connectivity index (χ1) is 12.0. The molecule has 6 nitrogen and oxygen atoms in total. The monoisotopic (exact) mass is 344 g/mol. The maximum absolute atomic E-state index is 12.8. The fourth-order valence-electron chi connectivity index (χ4n) is 3.30. The topological polar surface area (TPSA) is 71.3 Å². The molecule has 0 spiro atoms. The van der Waals surface area contributed by atoms with Gasteiger partial charge in [0.2, 0.25) is 0 Å². The van der Waals surface area contributed by atoms with Gasteiger partial charge in [-0.1, -0.05) is 25.9 Å². The van der Waals surface area contributed by atoms with Gasteiger partial charge in [0.25, 0.3) is 11.6 Å². The summed E-state index contributed by atoms with van der Waals surface area (Å²) in [5.41, 5.74) is 2.60. The molecule has 3 rings (SSSR count). The highest BCUT2D eigenvalue weighted by Crippen LogP contribution is 2.25. The summed E-state index contributed by atoms with van der Waals surface area (Å²) >= 11 is 0. The molecule has 1 aliphatic rings. The Balaban J connectivity index is 1.70. The molecule has 25 heavy (non-hydrogen) atoms. The summed E-state index contributed by atoms with van der Waals surface area (Å²) in [6, 6.07) is 1.87. The largest absolute Gasteiger partial charge is 0.351 e. The molecule has 136 valence electrons. The zero-order valence-corrected chi connectivity index (χ0v) is 15.6. The highest BCUT2D eigenvalue weighted by Gasteiger charge is 2.20. The molecule has 0 radical (unpaired) electrons. The van der Waals surface area contributed by atoms with Gasteiger partial charge in [-0.2, -0.15) is 0 Å². The van der Waals surface area contributed by atoms with Crippen LogP contribution in [0.15, 0.2) is 10.6 Å². The van der Waals surface area contributed by atoms with Crippen molar-refractivity contribution in [1.29, 1.82) is 0 Å². The number of piperidine rings is 1. The van der Waals surface area contributed by atoms with Gasteiger partial charge in [-0.3, -0.25) is 4.79 Å².